The van der Waals surface area contributed by atoms with E-state index in [9.17, 15) is 5.11 Å². The third kappa shape index (κ3) is 6.37. The van der Waals surface area contributed by atoms with E-state index in [2.05, 4.69) is 24.3 Å². The van der Waals surface area contributed by atoms with Gasteiger partial charge >= 0.3 is 0 Å². The van der Waals surface area contributed by atoms with Gasteiger partial charge in [0.05, 0.1) is 12.7 Å². The first-order valence-corrected chi connectivity index (χ1v) is 7.85. The second kappa shape index (κ2) is 9.95. The van der Waals surface area contributed by atoms with Crippen LogP contribution in [0.25, 0.3) is 6.08 Å². The Morgan fingerprint density at radius 3 is 2.48 bits per heavy atom. The number of allylic oxidation sites excluding steroid dienone is 1. The number of aliphatic hydroxyl groups is 1. The van der Waals surface area contributed by atoms with Gasteiger partial charge < -0.3 is 14.6 Å². The van der Waals surface area contributed by atoms with Gasteiger partial charge in [-0.15, -0.1) is 0 Å². The van der Waals surface area contributed by atoms with Gasteiger partial charge in [-0.1, -0.05) is 66.7 Å². The summed E-state index contributed by atoms with van der Waals surface area (Å²) in [6, 6.07) is 18.0. The van der Waals surface area contributed by atoms with Crippen molar-refractivity contribution < 1.29 is 14.6 Å². The fourth-order valence-corrected chi connectivity index (χ4v) is 2.28. The lowest BCUT2D eigenvalue weighted by Gasteiger charge is -2.08. The molecule has 122 valence electrons. The average Bonchev–Trinajstić information content (AvgIpc) is 2.61. The van der Waals surface area contributed by atoms with E-state index in [0.29, 0.717) is 13.4 Å². The monoisotopic (exact) mass is 312 g/mol. The molecule has 2 aromatic carbocycles. The first-order valence-electron chi connectivity index (χ1n) is 7.85. The number of aliphatic hydroxyl groups excluding tert-OH is 1. The van der Waals surface area contributed by atoms with Crippen LogP contribution in [0.2, 0.25) is 0 Å². The van der Waals surface area contributed by atoms with Crippen molar-refractivity contribution in [2.75, 3.05) is 13.9 Å². The van der Waals surface area contributed by atoms with E-state index >= 15 is 0 Å². The molecule has 0 heterocycles. The van der Waals surface area contributed by atoms with Gasteiger partial charge in [0, 0.05) is 7.11 Å². The number of benzene rings is 2. The van der Waals surface area contributed by atoms with Crippen LogP contribution in [0.3, 0.4) is 0 Å². The van der Waals surface area contributed by atoms with Crippen molar-refractivity contribution in [3.63, 3.8) is 0 Å². The Labute approximate surface area is 138 Å². The molecule has 2 rings (SSSR count). The molecule has 0 aromatic heterocycles. The molecule has 0 saturated carbocycles. The van der Waals surface area contributed by atoms with Gasteiger partial charge in [0.2, 0.25) is 0 Å². The molecule has 0 spiro atoms. The molecule has 0 aliphatic carbocycles. The van der Waals surface area contributed by atoms with Crippen LogP contribution in [0.15, 0.2) is 60.7 Å². The number of ether oxygens (including phenoxy) is 2. The standard InChI is InChI=1S/C20H24O3/c1-22-16-23-15-18-13-11-17(12-14-18)7-5-6-10-20(21)19-8-3-2-4-9-19/h2-5,7-9,11-14,20-21H,6,10,15-16H2,1H3/b7-5+. The second-order valence-corrected chi connectivity index (χ2v) is 5.40. The van der Waals surface area contributed by atoms with Crippen molar-refractivity contribution >= 4 is 6.08 Å². The maximum absolute atomic E-state index is 10.1. The fourth-order valence-electron chi connectivity index (χ4n) is 2.28. The highest BCUT2D eigenvalue weighted by atomic mass is 16.7. The minimum atomic E-state index is -0.402. The number of hydrogen-bond acceptors (Lipinski definition) is 3. The summed E-state index contributed by atoms with van der Waals surface area (Å²) in [6.45, 7) is 0.868. The first-order chi connectivity index (χ1) is 11.3. The summed E-state index contributed by atoms with van der Waals surface area (Å²) >= 11 is 0. The van der Waals surface area contributed by atoms with E-state index in [0.717, 1.165) is 29.5 Å². The van der Waals surface area contributed by atoms with E-state index in [1.165, 1.54) is 0 Å². The summed E-state index contributed by atoms with van der Waals surface area (Å²) in [6.07, 6.45) is 5.35. The Bertz CT molecular complexity index is 576. The van der Waals surface area contributed by atoms with Crippen LogP contribution < -0.4 is 0 Å². The molecule has 1 unspecified atom stereocenters. The summed E-state index contributed by atoms with van der Waals surface area (Å²) in [5, 5.41) is 10.1. The van der Waals surface area contributed by atoms with Crippen LogP contribution >= 0.6 is 0 Å². The van der Waals surface area contributed by atoms with Crippen molar-refractivity contribution in [3.8, 4) is 0 Å². The molecule has 0 aliphatic rings. The van der Waals surface area contributed by atoms with Gasteiger partial charge in [0.1, 0.15) is 6.79 Å². The highest BCUT2D eigenvalue weighted by Gasteiger charge is 2.04. The maximum atomic E-state index is 10.1. The third-order valence-electron chi connectivity index (χ3n) is 3.55. The molecule has 0 saturated heterocycles. The molecule has 2 aromatic rings. The van der Waals surface area contributed by atoms with Crippen molar-refractivity contribution in [1.82, 2.24) is 0 Å². The highest BCUT2D eigenvalue weighted by molar-refractivity contribution is 5.49. The van der Waals surface area contributed by atoms with Crippen LogP contribution in [0.5, 0.6) is 0 Å². The van der Waals surface area contributed by atoms with E-state index < -0.39 is 6.10 Å². The third-order valence-corrected chi connectivity index (χ3v) is 3.55. The Hall–Kier alpha value is -1.94. The normalized spacial score (nSPS) is 12.6. The van der Waals surface area contributed by atoms with Gasteiger partial charge in [0.15, 0.2) is 0 Å². The molecular weight excluding hydrogens is 288 g/mol. The Balaban J connectivity index is 1.75. The molecule has 23 heavy (non-hydrogen) atoms. The minimum Gasteiger partial charge on any atom is -0.388 e. The molecule has 3 heteroatoms. The van der Waals surface area contributed by atoms with Crippen molar-refractivity contribution in [2.24, 2.45) is 0 Å². The largest absolute Gasteiger partial charge is 0.388 e. The zero-order chi connectivity index (χ0) is 16.3. The van der Waals surface area contributed by atoms with Crippen LogP contribution in [0.1, 0.15) is 35.6 Å². The van der Waals surface area contributed by atoms with Crippen molar-refractivity contribution in [3.05, 3.63) is 77.4 Å². The molecule has 0 amide bonds. The van der Waals surface area contributed by atoms with Gasteiger partial charge in [-0.05, 0) is 29.5 Å². The van der Waals surface area contributed by atoms with E-state index in [4.69, 9.17) is 9.47 Å². The fraction of sp³-hybridized carbons (Fsp3) is 0.300. The molecule has 0 fully saturated rings. The summed E-state index contributed by atoms with van der Waals surface area (Å²) in [5.74, 6) is 0. The lowest BCUT2D eigenvalue weighted by Crippen LogP contribution is -1.96. The van der Waals surface area contributed by atoms with Gasteiger partial charge in [-0.3, -0.25) is 0 Å². The van der Waals surface area contributed by atoms with Crippen LogP contribution in [0, 0.1) is 0 Å². The van der Waals surface area contributed by atoms with Gasteiger partial charge in [-0.2, -0.15) is 0 Å². The van der Waals surface area contributed by atoms with Crippen LogP contribution in [0.4, 0.5) is 0 Å². The molecule has 1 atom stereocenters. The van der Waals surface area contributed by atoms with Crippen LogP contribution in [-0.4, -0.2) is 19.0 Å². The number of methoxy groups -OCH3 is 1. The van der Waals surface area contributed by atoms with Crippen molar-refractivity contribution in [2.45, 2.75) is 25.6 Å². The SMILES string of the molecule is COCOCc1ccc(/C=C/CCC(O)c2ccccc2)cc1. The highest BCUT2D eigenvalue weighted by Crippen LogP contribution is 2.18. The van der Waals surface area contributed by atoms with E-state index in [1.807, 2.05) is 42.5 Å². The Morgan fingerprint density at radius 1 is 1.04 bits per heavy atom. The summed E-state index contributed by atoms with van der Waals surface area (Å²) in [5.41, 5.74) is 3.25. The lowest BCUT2D eigenvalue weighted by atomic mass is 10.0. The van der Waals surface area contributed by atoms with Crippen molar-refractivity contribution in [1.29, 1.82) is 0 Å². The smallest absolute Gasteiger partial charge is 0.146 e. The Morgan fingerprint density at radius 2 is 1.78 bits per heavy atom. The molecule has 1 N–H and O–H groups in total. The quantitative estimate of drug-likeness (QED) is 0.553. The zero-order valence-electron chi connectivity index (χ0n) is 13.5. The first kappa shape index (κ1) is 17.4. The number of rotatable bonds is 9. The maximum Gasteiger partial charge on any atom is 0.146 e. The molecule has 3 nitrogen and oxygen atoms in total. The summed E-state index contributed by atoms with van der Waals surface area (Å²) in [4.78, 5) is 0. The van der Waals surface area contributed by atoms with Gasteiger partial charge in [0.25, 0.3) is 0 Å². The average molecular weight is 312 g/mol. The van der Waals surface area contributed by atoms with E-state index in [1.54, 1.807) is 7.11 Å². The molecule has 0 aliphatic heterocycles. The molecule has 0 radical (unpaired) electrons. The summed E-state index contributed by atoms with van der Waals surface area (Å²) in [7, 11) is 1.61. The predicted molar refractivity (Wildman–Crippen MR) is 92.8 cm³/mol. The predicted octanol–water partition coefficient (Wildman–Crippen LogP) is 4.33. The van der Waals surface area contributed by atoms with Crippen LogP contribution in [-0.2, 0) is 16.1 Å². The van der Waals surface area contributed by atoms with Gasteiger partial charge in [-0.25, -0.2) is 0 Å². The lowest BCUT2D eigenvalue weighted by molar-refractivity contribution is -0.0390. The molecule has 0 bridgehead atoms. The molecular formula is C20H24O3. The summed E-state index contributed by atoms with van der Waals surface area (Å²) < 4.78 is 10.2. The number of hydrogen-bond donors (Lipinski definition) is 1. The Kier molecular flexibility index (Phi) is 7.54. The topological polar surface area (TPSA) is 38.7 Å². The minimum absolute atomic E-state index is 0.311. The van der Waals surface area contributed by atoms with E-state index in [-0.39, 0.29) is 0 Å². The zero-order valence-corrected chi connectivity index (χ0v) is 13.5. The second-order valence-electron chi connectivity index (χ2n) is 5.40.